The Hall–Kier alpha value is -1.88. The van der Waals surface area contributed by atoms with Gasteiger partial charge in [0.15, 0.2) is 0 Å². The van der Waals surface area contributed by atoms with Crippen LogP contribution in [0.15, 0.2) is 54.6 Å². The summed E-state index contributed by atoms with van der Waals surface area (Å²) in [6.45, 7) is 7.29. The molecular weight excluding hydrogens is 370 g/mol. The Labute approximate surface area is 173 Å². The molecule has 0 aliphatic carbocycles. The molecule has 1 fully saturated rings. The van der Waals surface area contributed by atoms with Crippen molar-refractivity contribution < 1.29 is 4.79 Å². The number of nitrogens with one attached hydrogen (secondary N) is 1. The van der Waals surface area contributed by atoms with Crippen LogP contribution in [0, 0.1) is 0 Å². The Morgan fingerprint density at radius 2 is 1.57 bits per heavy atom. The molecule has 2 aromatic rings. The second kappa shape index (κ2) is 11.2. The first kappa shape index (κ1) is 20.8. The van der Waals surface area contributed by atoms with E-state index in [-0.39, 0.29) is 5.91 Å². The zero-order valence-electron chi connectivity index (χ0n) is 16.4. The zero-order valence-corrected chi connectivity index (χ0v) is 17.2. The molecule has 3 rings (SSSR count). The average Bonchev–Trinajstić information content (AvgIpc) is 2.73. The van der Waals surface area contributed by atoms with E-state index in [1.54, 1.807) is 0 Å². The third kappa shape index (κ3) is 7.27. The van der Waals surface area contributed by atoms with E-state index < -0.39 is 0 Å². The minimum Gasteiger partial charge on any atom is -0.356 e. The standard InChI is InChI=1S/C23H30ClN3O/c24-22-10-7-20(8-11-22)9-12-23(28)25-13-4-14-26-15-17-27(18-16-26)19-21-5-2-1-3-6-21/h1-3,5-8,10-11H,4,9,12-19H2,(H,25,28). The molecule has 0 aromatic heterocycles. The van der Waals surface area contributed by atoms with E-state index in [9.17, 15) is 4.79 Å². The number of aryl methyl sites for hydroxylation is 1. The molecule has 4 nitrogen and oxygen atoms in total. The van der Waals surface area contributed by atoms with Gasteiger partial charge in [-0.15, -0.1) is 0 Å². The lowest BCUT2D eigenvalue weighted by Crippen LogP contribution is -2.46. The summed E-state index contributed by atoms with van der Waals surface area (Å²) in [4.78, 5) is 17.0. The highest BCUT2D eigenvalue weighted by Gasteiger charge is 2.16. The monoisotopic (exact) mass is 399 g/mol. The molecule has 28 heavy (non-hydrogen) atoms. The maximum Gasteiger partial charge on any atom is 0.220 e. The third-order valence-corrected chi connectivity index (χ3v) is 5.49. The fourth-order valence-corrected chi connectivity index (χ4v) is 3.67. The van der Waals surface area contributed by atoms with E-state index in [0.717, 1.165) is 69.2 Å². The number of hydrogen-bond donors (Lipinski definition) is 1. The van der Waals surface area contributed by atoms with E-state index in [0.29, 0.717) is 6.42 Å². The van der Waals surface area contributed by atoms with Crippen molar-refractivity contribution in [2.75, 3.05) is 39.3 Å². The Kier molecular flexibility index (Phi) is 8.34. The minimum absolute atomic E-state index is 0.127. The van der Waals surface area contributed by atoms with Crippen molar-refractivity contribution in [3.05, 3.63) is 70.7 Å². The average molecular weight is 400 g/mol. The molecular formula is C23H30ClN3O. The van der Waals surface area contributed by atoms with Crippen LogP contribution in [0.5, 0.6) is 0 Å². The smallest absolute Gasteiger partial charge is 0.220 e. The summed E-state index contributed by atoms with van der Waals surface area (Å²) >= 11 is 5.88. The highest BCUT2D eigenvalue weighted by Crippen LogP contribution is 2.11. The Morgan fingerprint density at radius 1 is 0.893 bits per heavy atom. The van der Waals surface area contributed by atoms with Gasteiger partial charge in [-0.1, -0.05) is 54.1 Å². The Balaban J connectivity index is 1.24. The van der Waals surface area contributed by atoms with Crippen molar-refractivity contribution in [2.24, 2.45) is 0 Å². The van der Waals surface area contributed by atoms with Crippen molar-refractivity contribution in [1.29, 1.82) is 0 Å². The van der Waals surface area contributed by atoms with Gasteiger partial charge < -0.3 is 10.2 Å². The highest BCUT2D eigenvalue weighted by atomic mass is 35.5. The molecule has 1 amide bonds. The van der Waals surface area contributed by atoms with Gasteiger partial charge in [-0.3, -0.25) is 9.69 Å². The number of carbonyl (C=O) groups excluding carboxylic acids is 1. The van der Waals surface area contributed by atoms with E-state index in [4.69, 9.17) is 11.6 Å². The lowest BCUT2D eigenvalue weighted by molar-refractivity contribution is -0.121. The lowest BCUT2D eigenvalue weighted by Gasteiger charge is -2.34. The molecule has 0 atom stereocenters. The minimum atomic E-state index is 0.127. The van der Waals surface area contributed by atoms with Gasteiger partial charge in [0.1, 0.15) is 0 Å². The lowest BCUT2D eigenvalue weighted by atomic mass is 10.1. The topological polar surface area (TPSA) is 35.6 Å². The largest absolute Gasteiger partial charge is 0.356 e. The number of benzene rings is 2. The van der Waals surface area contributed by atoms with Gasteiger partial charge in [0.2, 0.25) is 5.91 Å². The van der Waals surface area contributed by atoms with Crippen LogP contribution in [0.3, 0.4) is 0 Å². The van der Waals surface area contributed by atoms with Crippen LogP contribution in [0.25, 0.3) is 0 Å². The molecule has 0 unspecified atom stereocenters. The van der Waals surface area contributed by atoms with Gasteiger partial charge in [-0.05, 0) is 42.6 Å². The zero-order chi connectivity index (χ0) is 19.6. The van der Waals surface area contributed by atoms with Crippen LogP contribution >= 0.6 is 11.6 Å². The summed E-state index contributed by atoms with van der Waals surface area (Å²) in [7, 11) is 0. The fourth-order valence-electron chi connectivity index (χ4n) is 3.54. The van der Waals surface area contributed by atoms with E-state index >= 15 is 0 Å². The quantitative estimate of drug-likeness (QED) is 0.654. The SMILES string of the molecule is O=C(CCc1ccc(Cl)cc1)NCCCN1CCN(Cc2ccccc2)CC1. The van der Waals surface area contributed by atoms with Crippen molar-refractivity contribution in [1.82, 2.24) is 15.1 Å². The molecule has 1 N–H and O–H groups in total. The first-order chi connectivity index (χ1) is 13.7. The number of halogens is 1. The first-order valence-corrected chi connectivity index (χ1v) is 10.6. The van der Waals surface area contributed by atoms with Crippen molar-refractivity contribution >= 4 is 17.5 Å². The molecule has 1 saturated heterocycles. The van der Waals surface area contributed by atoms with Crippen molar-refractivity contribution in [3.8, 4) is 0 Å². The molecule has 150 valence electrons. The molecule has 1 heterocycles. The van der Waals surface area contributed by atoms with Crippen LogP contribution in [-0.2, 0) is 17.8 Å². The van der Waals surface area contributed by atoms with Crippen LogP contribution in [0.1, 0.15) is 24.0 Å². The van der Waals surface area contributed by atoms with Crippen LogP contribution in [-0.4, -0.2) is 55.0 Å². The normalized spacial score (nSPS) is 15.5. The summed E-state index contributed by atoms with van der Waals surface area (Å²) in [5.41, 5.74) is 2.53. The van der Waals surface area contributed by atoms with Gasteiger partial charge in [-0.2, -0.15) is 0 Å². The summed E-state index contributed by atoms with van der Waals surface area (Å²) < 4.78 is 0. The summed E-state index contributed by atoms with van der Waals surface area (Å²) in [5.74, 6) is 0.127. The van der Waals surface area contributed by atoms with Crippen LogP contribution in [0.4, 0.5) is 0 Å². The number of piperazine rings is 1. The molecule has 1 aliphatic heterocycles. The first-order valence-electron chi connectivity index (χ1n) is 10.2. The summed E-state index contributed by atoms with van der Waals surface area (Å²) in [6.07, 6.45) is 2.29. The second-order valence-electron chi connectivity index (χ2n) is 7.43. The molecule has 0 radical (unpaired) electrons. The van der Waals surface area contributed by atoms with E-state index in [2.05, 4.69) is 45.4 Å². The van der Waals surface area contributed by atoms with Crippen molar-refractivity contribution in [2.45, 2.75) is 25.8 Å². The van der Waals surface area contributed by atoms with Crippen LogP contribution < -0.4 is 5.32 Å². The predicted molar refractivity (Wildman–Crippen MR) is 116 cm³/mol. The second-order valence-corrected chi connectivity index (χ2v) is 7.87. The maximum atomic E-state index is 12.0. The van der Waals surface area contributed by atoms with Crippen molar-refractivity contribution in [3.63, 3.8) is 0 Å². The van der Waals surface area contributed by atoms with Crippen LogP contribution in [0.2, 0.25) is 5.02 Å². The summed E-state index contributed by atoms with van der Waals surface area (Å²) in [6, 6.07) is 18.4. The molecule has 0 saturated carbocycles. The van der Waals surface area contributed by atoms with Gasteiger partial charge in [0.05, 0.1) is 0 Å². The Morgan fingerprint density at radius 3 is 2.29 bits per heavy atom. The highest BCUT2D eigenvalue weighted by molar-refractivity contribution is 6.30. The number of carbonyl (C=O) groups is 1. The fraction of sp³-hybridized carbons (Fsp3) is 0.435. The number of hydrogen-bond acceptors (Lipinski definition) is 3. The number of nitrogens with zero attached hydrogens (tertiary/aromatic N) is 2. The molecule has 1 aliphatic rings. The van der Waals surface area contributed by atoms with Gasteiger partial charge >= 0.3 is 0 Å². The van der Waals surface area contributed by atoms with Gasteiger partial charge in [0, 0.05) is 50.7 Å². The molecule has 0 spiro atoms. The van der Waals surface area contributed by atoms with E-state index in [1.165, 1.54) is 5.56 Å². The summed E-state index contributed by atoms with van der Waals surface area (Å²) in [5, 5.41) is 3.77. The van der Waals surface area contributed by atoms with E-state index in [1.807, 2.05) is 24.3 Å². The number of amides is 1. The van der Waals surface area contributed by atoms with Gasteiger partial charge in [-0.25, -0.2) is 0 Å². The van der Waals surface area contributed by atoms with Gasteiger partial charge in [0.25, 0.3) is 0 Å². The molecule has 2 aromatic carbocycles. The predicted octanol–water partition coefficient (Wildman–Crippen LogP) is 3.60. The maximum absolute atomic E-state index is 12.0. The number of rotatable bonds is 9. The molecule has 0 bridgehead atoms. The molecule has 5 heteroatoms. The Bertz CT molecular complexity index is 712. The third-order valence-electron chi connectivity index (χ3n) is 5.24.